The minimum atomic E-state index is 0.846. The quantitative estimate of drug-likeness (QED) is 0.535. The molecule has 0 atom stereocenters. The number of halogens is 1. The molecule has 0 aliphatic heterocycles. The van der Waals surface area contributed by atoms with E-state index in [1.807, 2.05) is 6.20 Å². The second kappa shape index (κ2) is 5.70. The summed E-state index contributed by atoms with van der Waals surface area (Å²) in [5.74, 6) is 0. The summed E-state index contributed by atoms with van der Waals surface area (Å²) in [5, 5.41) is 8.28. The third-order valence-corrected chi connectivity index (χ3v) is 4.71. The van der Waals surface area contributed by atoms with Gasteiger partial charge < -0.3 is 4.57 Å². The number of rotatable bonds is 3. The Bertz CT molecular complexity index is 964. The number of nitrogens with zero attached hydrogens (tertiary/aromatic N) is 2. The molecule has 4 aromatic rings. The molecule has 4 rings (SSSR count). The van der Waals surface area contributed by atoms with Crippen LogP contribution in [0.5, 0.6) is 0 Å². The molecule has 23 heavy (non-hydrogen) atoms. The fraction of sp³-hybridized carbons (Fsp3) is 0.105. The molecular weight excluding hydrogens is 350 g/mol. The first-order chi connectivity index (χ1) is 11.2. The van der Waals surface area contributed by atoms with E-state index in [2.05, 4.69) is 92.2 Å². The van der Waals surface area contributed by atoms with Crippen molar-refractivity contribution in [3.05, 3.63) is 76.5 Å². The minimum absolute atomic E-state index is 0.846. The van der Waals surface area contributed by atoms with Gasteiger partial charge in [-0.1, -0.05) is 40.2 Å². The number of fused-ring (bicyclic) bond motifs is 1. The lowest BCUT2D eigenvalue weighted by molar-refractivity contribution is 0.785. The van der Waals surface area contributed by atoms with Crippen molar-refractivity contribution in [2.75, 3.05) is 0 Å². The first-order valence-electron chi connectivity index (χ1n) is 7.55. The van der Waals surface area contributed by atoms with Crippen molar-refractivity contribution in [2.24, 2.45) is 0 Å². The highest BCUT2D eigenvalue weighted by Gasteiger charge is 2.09. The van der Waals surface area contributed by atoms with E-state index in [9.17, 15) is 0 Å². The average molecular weight is 366 g/mol. The van der Waals surface area contributed by atoms with Crippen LogP contribution in [0.2, 0.25) is 0 Å². The molecular formula is C19H16BrN3. The number of H-pyrrole nitrogens is 1. The van der Waals surface area contributed by atoms with Crippen molar-refractivity contribution in [2.45, 2.75) is 13.5 Å². The Balaban J connectivity index is 1.73. The standard InChI is InChI=1S/C19H16BrN3/c1-13-2-9-19(15-5-7-17(20)8-6-15)23(13)12-14-3-4-16-11-21-22-18(16)10-14/h2-11H,12H2,1H3,(H,21,22). The molecule has 114 valence electrons. The zero-order valence-electron chi connectivity index (χ0n) is 12.8. The lowest BCUT2D eigenvalue weighted by Gasteiger charge is -2.12. The highest BCUT2D eigenvalue weighted by atomic mass is 79.9. The number of aryl methyl sites for hydroxylation is 1. The monoisotopic (exact) mass is 365 g/mol. The molecule has 0 bridgehead atoms. The maximum atomic E-state index is 4.09. The summed E-state index contributed by atoms with van der Waals surface area (Å²) in [5.41, 5.74) is 6.06. The van der Waals surface area contributed by atoms with Crippen LogP contribution in [0.25, 0.3) is 22.2 Å². The number of hydrogen-bond donors (Lipinski definition) is 1. The minimum Gasteiger partial charge on any atom is -0.340 e. The topological polar surface area (TPSA) is 33.6 Å². The Morgan fingerprint density at radius 1 is 1.04 bits per heavy atom. The van der Waals surface area contributed by atoms with Crippen LogP contribution < -0.4 is 0 Å². The summed E-state index contributed by atoms with van der Waals surface area (Å²) in [6, 6.07) is 19.3. The molecule has 0 saturated heterocycles. The molecule has 0 fully saturated rings. The second-order valence-corrected chi connectivity index (χ2v) is 6.66. The van der Waals surface area contributed by atoms with Crippen LogP contribution in [-0.4, -0.2) is 14.8 Å². The zero-order valence-corrected chi connectivity index (χ0v) is 14.3. The Morgan fingerprint density at radius 2 is 1.87 bits per heavy atom. The van der Waals surface area contributed by atoms with Gasteiger partial charge in [-0.25, -0.2) is 0 Å². The number of hydrogen-bond acceptors (Lipinski definition) is 1. The van der Waals surface area contributed by atoms with Crippen LogP contribution >= 0.6 is 15.9 Å². The molecule has 0 unspecified atom stereocenters. The van der Waals surface area contributed by atoms with Crippen molar-refractivity contribution in [1.29, 1.82) is 0 Å². The van der Waals surface area contributed by atoms with Crippen molar-refractivity contribution in [3.8, 4) is 11.3 Å². The average Bonchev–Trinajstić information content (AvgIpc) is 3.16. The normalized spacial score (nSPS) is 11.2. The van der Waals surface area contributed by atoms with E-state index in [0.717, 1.165) is 21.9 Å². The van der Waals surface area contributed by atoms with E-state index >= 15 is 0 Å². The van der Waals surface area contributed by atoms with Crippen LogP contribution in [-0.2, 0) is 6.54 Å². The molecule has 0 radical (unpaired) electrons. The van der Waals surface area contributed by atoms with Gasteiger partial charge in [0.05, 0.1) is 11.7 Å². The largest absolute Gasteiger partial charge is 0.340 e. The number of aromatic amines is 1. The van der Waals surface area contributed by atoms with Gasteiger partial charge in [0, 0.05) is 27.8 Å². The molecule has 1 N–H and O–H groups in total. The molecule has 0 aliphatic rings. The first kappa shape index (κ1) is 14.3. The maximum absolute atomic E-state index is 4.09. The summed E-state index contributed by atoms with van der Waals surface area (Å²) in [6.45, 7) is 3.00. The van der Waals surface area contributed by atoms with Crippen molar-refractivity contribution >= 4 is 26.8 Å². The van der Waals surface area contributed by atoms with E-state index in [0.29, 0.717) is 0 Å². The molecule has 2 aromatic carbocycles. The van der Waals surface area contributed by atoms with E-state index in [4.69, 9.17) is 0 Å². The highest BCUT2D eigenvalue weighted by Crippen LogP contribution is 2.25. The van der Waals surface area contributed by atoms with Gasteiger partial charge in [-0.05, 0) is 48.4 Å². The third kappa shape index (κ3) is 2.70. The predicted octanol–water partition coefficient (Wildman–Crippen LogP) is 5.15. The Morgan fingerprint density at radius 3 is 2.70 bits per heavy atom. The van der Waals surface area contributed by atoms with Gasteiger partial charge >= 0.3 is 0 Å². The smallest absolute Gasteiger partial charge is 0.0653 e. The van der Waals surface area contributed by atoms with Gasteiger partial charge in [0.1, 0.15) is 0 Å². The number of benzene rings is 2. The summed E-state index contributed by atoms with van der Waals surface area (Å²) < 4.78 is 3.45. The molecule has 3 nitrogen and oxygen atoms in total. The third-order valence-electron chi connectivity index (χ3n) is 4.19. The summed E-state index contributed by atoms with van der Waals surface area (Å²) in [6.07, 6.45) is 1.85. The van der Waals surface area contributed by atoms with Crippen molar-refractivity contribution < 1.29 is 0 Å². The lowest BCUT2D eigenvalue weighted by atomic mass is 10.1. The summed E-state index contributed by atoms with van der Waals surface area (Å²) >= 11 is 3.50. The fourth-order valence-electron chi connectivity index (χ4n) is 2.92. The lowest BCUT2D eigenvalue weighted by Crippen LogP contribution is -2.03. The summed E-state index contributed by atoms with van der Waals surface area (Å²) in [7, 11) is 0. The molecule has 2 heterocycles. The van der Waals surface area contributed by atoms with Gasteiger partial charge in [0.15, 0.2) is 0 Å². The molecule has 0 amide bonds. The molecule has 4 heteroatoms. The van der Waals surface area contributed by atoms with Gasteiger partial charge in [-0.3, -0.25) is 5.10 Å². The van der Waals surface area contributed by atoms with Crippen LogP contribution in [0.1, 0.15) is 11.3 Å². The van der Waals surface area contributed by atoms with Crippen LogP contribution in [0, 0.1) is 6.92 Å². The summed E-state index contributed by atoms with van der Waals surface area (Å²) in [4.78, 5) is 0. The predicted molar refractivity (Wildman–Crippen MR) is 97.5 cm³/mol. The maximum Gasteiger partial charge on any atom is 0.0653 e. The van der Waals surface area contributed by atoms with Gasteiger partial charge in [-0.2, -0.15) is 5.10 Å². The molecule has 0 saturated carbocycles. The van der Waals surface area contributed by atoms with Gasteiger partial charge in [-0.15, -0.1) is 0 Å². The van der Waals surface area contributed by atoms with E-state index in [-0.39, 0.29) is 0 Å². The molecule has 2 aromatic heterocycles. The van der Waals surface area contributed by atoms with E-state index < -0.39 is 0 Å². The Labute approximate surface area is 143 Å². The molecule has 0 aliphatic carbocycles. The van der Waals surface area contributed by atoms with Crippen molar-refractivity contribution in [1.82, 2.24) is 14.8 Å². The second-order valence-electron chi connectivity index (χ2n) is 5.74. The zero-order chi connectivity index (χ0) is 15.8. The Kier molecular flexibility index (Phi) is 3.54. The fourth-order valence-corrected chi connectivity index (χ4v) is 3.18. The number of nitrogens with one attached hydrogen (secondary N) is 1. The van der Waals surface area contributed by atoms with Crippen LogP contribution in [0.3, 0.4) is 0 Å². The number of aromatic nitrogens is 3. The highest BCUT2D eigenvalue weighted by molar-refractivity contribution is 9.10. The van der Waals surface area contributed by atoms with E-state index in [1.54, 1.807) is 0 Å². The first-order valence-corrected chi connectivity index (χ1v) is 8.34. The van der Waals surface area contributed by atoms with Crippen LogP contribution in [0.4, 0.5) is 0 Å². The molecule has 0 spiro atoms. The Hall–Kier alpha value is -2.33. The van der Waals surface area contributed by atoms with Crippen LogP contribution in [0.15, 0.2) is 65.3 Å². The van der Waals surface area contributed by atoms with Crippen molar-refractivity contribution in [3.63, 3.8) is 0 Å². The SMILES string of the molecule is Cc1ccc(-c2ccc(Br)cc2)n1Cc1ccc2cn[nH]c2c1. The van der Waals surface area contributed by atoms with E-state index in [1.165, 1.54) is 22.5 Å². The van der Waals surface area contributed by atoms with Gasteiger partial charge in [0.2, 0.25) is 0 Å². The van der Waals surface area contributed by atoms with Gasteiger partial charge in [0.25, 0.3) is 0 Å².